The molecule has 4 rings (SSSR count). The fourth-order valence-electron chi connectivity index (χ4n) is 6.32. The quantitative estimate of drug-likeness (QED) is 0.202. The lowest BCUT2D eigenvalue weighted by atomic mass is 9.81. The minimum atomic E-state index is -2.84. The highest BCUT2D eigenvalue weighted by Gasteiger charge is 2.51. The highest BCUT2D eigenvalue weighted by atomic mass is 19.1. The summed E-state index contributed by atoms with van der Waals surface area (Å²) in [5, 5.41) is 8.41. The Morgan fingerprint density at radius 1 is 1.05 bits per heavy atom. The first-order chi connectivity index (χ1) is 20.8. The monoisotopic (exact) mass is 613 g/mol. The van der Waals surface area contributed by atoms with Gasteiger partial charge in [-0.1, -0.05) is 45.0 Å². The number of carbonyl (C=O) groups excluding carboxylic acids is 4. The normalized spacial score (nSPS) is 30.5. The summed E-state index contributed by atoms with van der Waals surface area (Å²) in [5.41, 5.74) is 5.23. The third-order valence-corrected chi connectivity index (χ3v) is 8.80. The molecule has 7 atom stereocenters. The third kappa shape index (κ3) is 7.44. The number of ketones is 2. The van der Waals surface area contributed by atoms with Crippen LogP contribution in [0.5, 0.6) is 0 Å². The summed E-state index contributed by atoms with van der Waals surface area (Å²) in [6.45, 7) is 8.84. The van der Waals surface area contributed by atoms with Crippen LogP contribution in [0.4, 0.5) is 14.9 Å². The summed E-state index contributed by atoms with van der Waals surface area (Å²) in [7, 11) is 0. The number of halogens is 1. The van der Waals surface area contributed by atoms with Crippen molar-refractivity contribution in [3.05, 3.63) is 30.5 Å². The molecule has 240 valence electrons. The van der Waals surface area contributed by atoms with Crippen LogP contribution in [-0.2, 0) is 30.4 Å². The molecular formula is C32H44FN5O6. The number of ether oxygens (including phenoxy) is 2. The van der Waals surface area contributed by atoms with Gasteiger partial charge in [-0.25, -0.2) is 14.0 Å². The van der Waals surface area contributed by atoms with E-state index in [2.05, 4.69) is 10.3 Å². The van der Waals surface area contributed by atoms with Gasteiger partial charge in [-0.2, -0.15) is 0 Å². The number of fused-ring (bicyclic) bond motifs is 1. The molecule has 2 fully saturated rings. The first-order valence-corrected chi connectivity index (χ1v) is 15.5. The summed E-state index contributed by atoms with van der Waals surface area (Å²) in [6, 6.07) is 6.68. The molecule has 0 spiro atoms. The zero-order valence-electron chi connectivity index (χ0n) is 26.2. The van der Waals surface area contributed by atoms with E-state index in [0.717, 1.165) is 12.5 Å². The van der Waals surface area contributed by atoms with Crippen LogP contribution in [0.25, 0.3) is 11.3 Å². The van der Waals surface area contributed by atoms with Gasteiger partial charge in [0.15, 0.2) is 11.9 Å². The number of carbonyl (C=O) groups is 4. The molecule has 11 nitrogen and oxygen atoms in total. The van der Waals surface area contributed by atoms with Gasteiger partial charge in [0, 0.05) is 42.6 Å². The summed E-state index contributed by atoms with van der Waals surface area (Å²) in [4.78, 5) is 54.0. The smallest absolute Gasteiger partial charge is 0.410 e. The molecule has 2 aromatic rings. The molecule has 0 aliphatic carbocycles. The Hall–Kier alpha value is -3.83. The number of unbranched alkanes of at least 4 members (excludes halogenated alkanes) is 1. The van der Waals surface area contributed by atoms with Gasteiger partial charge >= 0.3 is 12.1 Å². The van der Waals surface area contributed by atoms with Crippen molar-refractivity contribution < 1.29 is 33.0 Å². The van der Waals surface area contributed by atoms with E-state index in [1.165, 1.54) is 4.90 Å². The number of benzene rings is 1. The zero-order chi connectivity index (χ0) is 32.2. The lowest BCUT2D eigenvalue weighted by Gasteiger charge is -2.32. The Bertz CT molecular complexity index is 1360. The van der Waals surface area contributed by atoms with Crippen LogP contribution in [0.15, 0.2) is 30.5 Å². The maximum atomic E-state index is 15.6. The largest absolute Gasteiger partial charge is 0.456 e. The topological polar surface area (TPSA) is 147 Å². The summed E-state index contributed by atoms with van der Waals surface area (Å²) < 4.78 is 28.6. The van der Waals surface area contributed by atoms with E-state index < -0.39 is 47.7 Å². The van der Waals surface area contributed by atoms with Crippen molar-refractivity contribution in [2.45, 2.75) is 104 Å². The molecule has 1 aromatic heterocycles. The van der Waals surface area contributed by atoms with Gasteiger partial charge in [0.05, 0.1) is 12.2 Å². The van der Waals surface area contributed by atoms with Crippen molar-refractivity contribution in [2.75, 3.05) is 12.3 Å². The van der Waals surface area contributed by atoms with E-state index in [1.54, 1.807) is 24.6 Å². The second kappa shape index (κ2) is 13.9. The molecule has 2 aliphatic heterocycles. The number of cyclic esters (lactones) is 1. The predicted molar refractivity (Wildman–Crippen MR) is 161 cm³/mol. The summed E-state index contributed by atoms with van der Waals surface area (Å²) in [5.74, 6) is -3.32. The first-order valence-electron chi connectivity index (χ1n) is 15.5. The number of hydrogen-bond acceptors (Lipinski definition) is 9. The van der Waals surface area contributed by atoms with Crippen LogP contribution in [0.2, 0.25) is 0 Å². The van der Waals surface area contributed by atoms with Crippen LogP contribution in [0.3, 0.4) is 0 Å². The molecule has 2 N–H and O–H groups in total. The van der Waals surface area contributed by atoms with Gasteiger partial charge < -0.3 is 20.1 Å². The fraction of sp³-hybridized carbons (Fsp3) is 0.625. The second-order valence-corrected chi connectivity index (χ2v) is 12.6. The number of nitrogens with two attached hydrogens (primary N) is 1. The third-order valence-electron chi connectivity index (χ3n) is 8.80. The van der Waals surface area contributed by atoms with Gasteiger partial charge in [0.25, 0.3) is 5.67 Å². The van der Waals surface area contributed by atoms with E-state index in [0.29, 0.717) is 50.2 Å². The Kier molecular flexibility index (Phi) is 10.4. The van der Waals surface area contributed by atoms with Gasteiger partial charge in [0.1, 0.15) is 17.6 Å². The molecule has 0 bridgehead atoms. The average Bonchev–Trinajstić information content (AvgIpc) is 3.57. The van der Waals surface area contributed by atoms with Gasteiger partial charge in [0.2, 0.25) is 0 Å². The lowest BCUT2D eigenvalue weighted by Crippen LogP contribution is -2.49. The number of amides is 1. The number of esters is 1. The van der Waals surface area contributed by atoms with Crippen LogP contribution in [-0.4, -0.2) is 74.0 Å². The standard InChI is InChI=1S/C32H44FN5O6/c1-6-27-28-25(17-26(39)20(3)14-19(2)15-21(4)29(40)32(5,33)30(41)43-27)38(31(42)44-28)13-8-7-12-37-18-24(35-36-37)22-10-9-11-23(34)16-22/h9-11,16,18-21,25,27-28H,6-8,12-15,17,34H2,1-5H3/t19?,20-,21?,25+,27?,28?,32+/m1/s1. The van der Waals surface area contributed by atoms with Crippen LogP contribution >= 0.6 is 0 Å². The van der Waals surface area contributed by atoms with Crippen molar-refractivity contribution >= 4 is 29.3 Å². The van der Waals surface area contributed by atoms with Gasteiger partial charge in [-0.15, -0.1) is 5.10 Å². The van der Waals surface area contributed by atoms with Crippen LogP contribution in [0, 0.1) is 17.8 Å². The maximum absolute atomic E-state index is 15.6. The number of anilines is 1. The number of nitrogens with zero attached hydrogens (tertiary/aromatic N) is 4. The number of hydrogen-bond donors (Lipinski definition) is 1. The summed E-state index contributed by atoms with van der Waals surface area (Å²) in [6.07, 6.45) is 1.52. The van der Waals surface area contributed by atoms with E-state index in [-0.39, 0.29) is 30.5 Å². The number of aromatic nitrogens is 3. The Morgan fingerprint density at radius 2 is 1.75 bits per heavy atom. The highest BCUT2D eigenvalue weighted by molar-refractivity contribution is 6.07. The van der Waals surface area contributed by atoms with Crippen molar-refractivity contribution in [1.29, 1.82) is 0 Å². The number of nitrogen functional groups attached to an aromatic ring is 1. The maximum Gasteiger partial charge on any atom is 0.410 e. The Labute approximate surface area is 257 Å². The van der Waals surface area contributed by atoms with E-state index in [1.807, 2.05) is 38.2 Å². The highest BCUT2D eigenvalue weighted by Crippen LogP contribution is 2.33. The molecule has 2 aliphatic rings. The van der Waals surface area contributed by atoms with E-state index >= 15 is 4.39 Å². The minimum absolute atomic E-state index is 0.0202. The minimum Gasteiger partial charge on any atom is -0.456 e. The van der Waals surface area contributed by atoms with Crippen molar-refractivity contribution in [3.8, 4) is 11.3 Å². The van der Waals surface area contributed by atoms with Crippen molar-refractivity contribution in [1.82, 2.24) is 19.9 Å². The summed E-state index contributed by atoms with van der Waals surface area (Å²) >= 11 is 0. The SMILES string of the molecule is CCC1OC(=O)[C@@](C)(F)C(=O)C(C)CC(C)C[C@@H](C)C(=O)C[C@H]2C1OC(=O)N2CCCCn1cc(-c2cccc(N)c2)nn1. The second-order valence-electron chi connectivity index (χ2n) is 12.6. The van der Waals surface area contributed by atoms with Crippen molar-refractivity contribution in [3.63, 3.8) is 0 Å². The zero-order valence-corrected chi connectivity index (χ0v) is 26.2. The molecule has 44 heavy (non-hydrogen) atoms. The number of rotatable bonds is 7. The van der Waals surface area contributed by atoms with Gasteiger partial charge in [-0.3, -0.25) is 14.3 Å². The molecule has 12 heteroatoms. The number of alkyl halides is 1. The molecule has 2 saturated heterocycles. The lowest BCUT2D eigenvalue weighted by molar-refractivity contribution is -0.172. The molecule has 1 aromatic carbocycles. The van der Waals surface area contributed by atoms with Crippen LogP contribution < -0.4 is 5.73 Å². The fourth-order valence-corrected chi connectivity index (χ4v) is 6.32. The van der Waals surface area contributed by atoms with Crippen LogP contribution in [0.1, 0.15) is 73.1 Å². The average molecular weight is 614 g/mol. The van der Waals surface area contributed by atoms with Crippen molar-refractivity contribution in [2.24, 2.45) is 17.8 Å². The predicted octanol–water partition coefficient (Wildman–Crippen LogP) is 4.78. The number of aryl methyl sites for hydroxylation is 1. The first kappa shape index (κ1) is 33.1. The molecule has 4 unspecified atom stereocenters. The molecule has 3 heterocycles. The van der Waals surface area contributed by atoms with Gasteiger partial charge in [-0.05, 0) is 57.1 Å². The number of Topliss-reactive ketones (excluding diaryl/α,β-unsaturated/α-hetero) is 2. The Morgan fingerprint density at radius 3 is 2.45 bits per heavy atom. The van der Waals surface area contributed by atoms with E-state index in [9.17, 15) is 19.2 Å². The molecular weight excluding hydrogens is 569 g/mol. The Balaban J connectivity index is 1.48. The molecule has 1 amide bonds. The van der Waals surface area contributed by atoms with E-state index in [4.69, 9.17) is 15.2 Å². The molecule has 0 saturated carbocycles. The molecule has 0 radical (unpaired) electrons.